The molecule has 1 heterocycles. The standard InChI is InChI=1S/C8H4ClF3N2/c9-6-3-5(7(10)11)4(1-2-13)8(12)14-6/h3,7H,1H2. The van der Waals surface area contributed by atoms with Crippen LogP contribution >= 0.6 is 11.6 Å². The summed E-state index contributed by atoms with van der Waals surface area (Å²) in [6.45, 7) is 0. The predicted octanol–water partition coefficient (Wildman–Crippen LogP) is 2.88. The molecule has 0 saturated carbocycles. The number of halogens is 4. The van der Waals surface area contributed by atoms with Crippen molar-refractivity contribution in [3.63, 3.8) is 0 Å². The van der Waals surface area contributed by atoms with Gasteiger partial charge in [-0.1, -0.05) is 11.6 Å². The van der Waals surface area contributed by atoms with E-state index in [1.54, 1.807) is 6.07 Å². The highest BCUT2D eigenvalue weighted by Crippen LogP contribution is 2.26. The van der Waals surface area contributed by atoms with E-state index in [1.807, 2.05) is 0 Å². The van der Waals surface area contributed by atoms with Crippen LogP contribution in [0.1, 0.15) is 17.6 Å². The van der Waals surface area contributed by atoms with E-state index >= 15 is 0 Å². The number of nitrogens with zero attached hydrogens (tertiary/aromatic N) is 2. The SMILES string of the molecule is N#CCc1c(C(F)F)cc(Cl)nc1F. The lowest BCUT2D eigenvalue weighted by molar-refractivity contribution is 0.149. The minimum atomic E-state index is -2.87. The van der Waals surface area contributed by atoms with Gasteiger partial charge in [0.1, 0.15) is 5.15 Å². The smallest absolute Gasteiger partial charge is 0.208 e. The first-order chi connectivity index (χ1) is 6.56. The molecule has 74 valence electrons. The average Bonchev–Trinajstić information content (AvgIpc) is 2.09. The molecule has 0 amide bonds. The number of aromatic nitrogens is 1. The second-order valence-corrected chi connectivity index (χ2v) is 2.83. The molecule has 0 aromatic carbocycles. The van der Waals surface area contributed by atoms with Gasteiger partial charge in [-0.15, -0.1) is 0 Å². The van der Waals surface area contributed by atoms with E-state index in [2.05, 4.69) is 4.98 Å². The molecule has 1 rings (SSSR count). The van der Waals surface area contributed by atoms with Gasteiger partial charge in [-0.05, 0) is 6.07 Å². The van der Waals surface area contributed by atoms with Crippen LogP contribution in [0.4, 0.5) is 13.2 Å². The fraction of sp³-hybridized carbons (Fsp3) is 0.250. The molecule has 1 aromatic heterocycles. The Balaban J connectivity index is 3.30. The Kier molecular flexibility index (Phi) is 3.31. The summed E-state index contributed by atoms with van der Waals surface area (Å²) in [6.07, 6.45) is -3.32. The summed E-state index contributed by atoms with van der Waals surface area (Å²) in [5.41, 5.74) is -0.976. The molecule has 0 spiro atoms. The lowest BCUT2D eigenvalue weighted by Gasteiger charge is -2.06. The quantitative estimate of drug-likeness (QED) is 0.719. The lowest BCUT2D eigenvalue weighted by Crippen LogP contribution is -2.01. The minimum Gasteiger partial charge on any atom is -0.208 e. The Morgan fingerprint density at radius 3 is 2.71 bits per heavy atom. The number of hydrogen-bond donors (Lipinski definition) is 0. The third-order valence-electron chi connectivity index (χ3n) is 1.57. The Morgan fingerprint density at radius 1 is 1.57 bits per heavy atom. The fourth-order valence-electron chi connectivity index (χ4n) is 0.977. The third-order valence-corrected chi connectivity index (χ3v) is 1.76. The van der Waals surface area contributed by atoms with Crippen molar-refractivity contribution in [2.24, 2.45) is 0 Å². The van der Waals surface area contributed by atoms with E-state index in [-0.39, 0.29) is 5.15 Å². The van der Waals surface area contributed by atoms with Crippen molar-refractivity contribution in [3.8, 4) is 6.07 Å². The van der Waals surface area contributed by atoms with E-state index in [4.69, 9.17) is 16.9 Å². The van der Waals surface area contributed by atoms with Gasteiger partial charge < -0.3 is 0 Å². The van der Waals surface area contributed by atoms with Crippen LogP contribution < -0.4 is 0 Å². The maximum Gasteiger partial charge on any atom is 0.264 e. The van der Waals surface area contributed by atoms with Crippen LogP contribution in [-0.4, -0.2) is 4.98 Å². The van der Waals surface area contributed by atoms with Crippen molar-refractivity contribution in [3.05, 3.63) is 28.3 Å². The lowest BCUT2D eigenvalue weighted by atomic mass is 10.1. The second-order valence-electron chi connectivity index (χ2n) is 2.44. The van der Waals surface area contributed by atoms with Crippen LogP contribution in [0.5, 0.6) is 0 Å². The topological polar surface area (TPSA) is 36.7 Å². The molecule has 0 aliphatic heterocycles. The first-order valence-electron chi connectivity index (χ1n) is 3.56. The molecule has 0 radical (unpaired) electrons. The van der Waals surface area contributed by atoms with E-state index in [1.165, 1.54) is 0 Å². The summed E-state index contributed by atoms with van der Waals surface area (Å²) in [7, 11) is 0. The molecule has 0 unspecified atom stereocenters. The molecular weight excluding hydrogens is 217 g/mol. The Hall–Kier alpha value is -1.28. The maximum absolute atomic E-state index is 13.0. The first kappa shape index (κ1) is 10.8. The number of hydrogen-bond acceptors (Lipinski definition) is 2. The van der Waals surface area contributed by atoms with Gasteiger partial charge >= 0.3 is 0 Å². The summed E-state index contributed by atoms with van der Waals surface area (Å²) < 4.78 is 37.7. The molecule has 0 fully saturated rings. The van der Waals surface area contributed by atoms with Crippen LogP contribution in [0.3, 0.4) is 0 Å². The van der Waals surface area contributed by atoms with E-state index in [9.17, 15) is 13.2 Å². The molecule has 14 heavy (non-hydrogen) atoms. The van der Waals surface area contributed by atoms with Gasteiger partial charge in [-0.2, -0.15) is 9.65 Å². The zero-order chi connectivity index (χ0) is 10.7. The Bertz CT molecular complexity index is 387. The Morgan fingerprint density at radius 2 is 2.21 bits per heavy atom. The van der Waals surface area contributed by atoms with Crippen LogP contribution in [0.15, 0.2) is 6.07 Å². The summed E-state index contributed by atoms with van der Waals surface area (Å²) in [6, 6.07) is 2.45. The van der Waals surface area contributed by atoms with Gasteiger partial charge in [0.2, 0.25) is 5.95 Å². The normalized spacial score (nSPS) is 10.3. The zero-order valence-electron chi connectivity index (χ0n) is 6.77. The first-order valence-corrected chi connectivity index (χ1v) is 3.94. The third kappa shape index (κ3) is 2.15. The van der Waals surface area contributed by atoms with Gasteiger partial charge in [-0.25, -0.2) is 13.8 Å². The van der Waals surface area contributed by atoms with Crippen LogP contribution in [0.25, 0.3) is 0 Å². The second kappa shape index (κ2) is 4.29. The summed E-state index contributed by atoms with van der Waals surface area (Å²) in [4.78, 5) is 3.15. The summed E-state index contributed by atoms with van der Waals surface area (Å²) >= 11 is 5.30. The van der Waals surface area contributed by atoms with E-state index < -0.39 is 29.9 Å². The highest BCUT2D eigenvalue weighted by Gasteiger charge is 2.18. The van der Waals surface area contributed by atoms with Crippen LogP contribution in [0, 0.1) is 17.3 Å². The van der Waals surface area contributed by atoms with Gasteiger partial charge in [0.15, 0.2) is 0 Å². The van der Waals surface area contributed by atoms with Crippen molar-refractivity contribution < 1.29 is 13.2 Å². The molecule has 0 atom stereocenters. The number of rotatable bonds is 2. The van der Waals surface area contributed by atoms with Crippen LogP contribution in [0.2, 0.25) is 5.15 Å². The van der Waals surface area contributed by atoms with Gasteiger partial charge in [-0.3, -0.25) is 0 Å². The van der Waals surface area contributed by atoms with Gasteiger partial charge in [0.25, 0.3) is 6.43 Å². The maximum atomic E-state index is 13.0. The highest BCUT2D eigenvalue weighted by molar-refractivity contribution is 6.29. The number of nitriles is 1. The zero-order valence-corrected chi connectivity index (χ0v) is 7.52. The monoisotopic (exact) mass is 220 g/mol. The fourth-order valence-corrected chi connectivity index (χ4v) is 1.17. The molecule has 6 heteroatoms. The summed E-state index contributed by atoms with van der Waals surface area (Å²) in [5.74, 6) is -1.12. The van der Waals surface area contributed by atoms with Crippen molar-refractivity contribution in [1.29, 1.82) is 5.26 Å². The van der Waals surface area contributed by atoms with E-state index in [0.29, 0.717) is 0 Å². The molecule has 0 bridgehead atoms. The van der Waals surface area contributed by atoms with Crippen molar-refractivity contribution >= 4 is 11.6 Å². The number of pyridine rings is 1. The predicted molar refractivity (Wildman–Crippen MR) is 43.5 cm³/mol. The minimum absolute atomic E-state index is 0.348. The van der Waals surface area contributed by atoms with Crippen LogP contribution in [-0.2, 0) is 6.42 Å². The molecule has 0 N–H and O–H groups in total. The van der Waals surface area contributed by atoms with E-state index in [0.717, 1.165) is 6.07 Å². The summed E-state index contributed by atoms with van der Waals surface area (Å²) in [5, 5.41) is 7.95. The number of alkyl halides is 2. The van der Waals surface area contributed by atoms with Gasteiger partial charge in [0.05, 0.1) is 12.5 Å². The van der Waals surface area contributed by atoms with Gasteiger partial charge in [0, 0.05) is 11.1 Å². The molecular formula is C8H4ClF3N2. The Labute approximate surface area is 82.9 Å². The molecule has 0 aliphatic carbocycles. The highest BCUT2D eigenvalue weighted by atomic mass is 35.5. The molecule has 0 aliphatic rings. The molecule has 2 nitrogen and oxygen atoms in total. The van der Waals surface area contributed by atoms with Crippen molar-refractivity contribution in [2.75, 3.05) is 0 Å². The largest absolute Gasteiger partial charge is 0.264 e. The van der Waals surface area contributed by atoms with Crippen molar-refractivity contribution in [1.82, 2.24) is 4.98 Å². The molecule has 0 saturated heterocycles. The molecule has 1 aromatic rings. The van der Waals surface area contributed by atoms with Crippen molar-refractivity contribution in [2.45, 2.75) is 12.8 Å². The average molecular weight is 221 g/mol.